The summed E-state index contributed by atoms with van der Waals surface area (Å²) < 4.78 is 17.8. The van der Waals surface area contributed by atoms with E-state index in [0.29, 0.717) is 5.56 Å². The molecule has 0 bridgehead atoms. The normalized spacial score (nSPS) is 13.4. The van der Waals surface area contributed by atoms with Gasteiger partial charge in [0, 0.05) is 11.1 Å². The van der Waals surface area contributed by atoms with Crippen molar-refractivity contribution >= 4 is 35.2 Å². The topological polar surface area (TPSA) is 67.4 Å². The summed E-state index contributed by atoms with van der Waals surface area (Å²) in [6, 6.07) is 1.36. The molecule has 2 N–H and O–H groups in total. The first kappa shape index (κ1) is 17.7. The number of hydrogen-bond donors (Lipinski definition) is 2. The average Bonchev–Trinajstić information content (AvgIpc) is 2.42. The number of ether oxygens (including phenoxy) is 1. The average molecular weight is 337 g/mol. The number of carbonyl (C=O) groups excluding carboxylic acids is 2. The van der Waals surface area contributed by atoms with Crippen LogP contribution in [0.25, 0.3) is 0 Å². The zero-order chi connectivity index (χ0) is 16.2. The van der Waals surface area contributed by atoms with E-state index < -0.39 is 29.9 Å². The van der Waals surface area contributed by atoms with Crippen molar-refractivity contribution in [1.29, 1.82) is 0 Å². The van der Waals surface area contributed by atoms with Crippen LogP contribution in [-0.2, 0) is 9.53 Å². The Morgan fingerprint density at radius 1 is 1.24 bits per heavy atom. The van der Waals surface area contributed by atoms with Crippen LogP contribution in [0.5, 0.6) is 0 Å². The fraction of sp³-hybridized carbons (Fsp3) is 0.385. The van der Waals surface area contributed by atoms with E-state index in [9.17, 15) is 14.0 Å². The monoisotopic (exact) mass is 336 g/mol. The predicted molar refractivity (Wildman–Crippen MR) is 78.0 cm³/mol. The number of nitrogens with one attached hydrogen (secondary N) is 2. The van der Waals surface area contributed by atoms with E-state index in [-0.39, 0.29) is 10.0 Å². The summed E-state index contributed by atoms with van der Waals surface area (Å²) in [7, 11) is 1.15. The Bertz CT molecular complexity index is 554. The Labute approximate surface area is 131 Å². The van der Waals surface area contributed by atoms with Gasteiger partial charge in [0.05, 0.1) is 18.2 Å². The van der Waals surface area contributed by atoms with Gasteiger partial charge in [-0.2, -0.15) is 0 Å². The van der Waals surface area contributed by atoms with Crippen LogP contribution in [0.4, 0.5) is 9.18 Å². The first-order valence-corrected chi connectivity index (χ1v) is 6.81. The second-order valence-electron chi connectivity index (χ2n) is 4.38. The quantitative estimate of drug-likeness (QED) is 0.829. The first-order valence-electron chi connectivity index (χ1n) is 6.05. The van der Waals surface area contributed by atoms with E-state index in [1.54, 1.807) is 13.8 Å². The maximum atomic E-state index is 13.5. The molecule has 8 heteroatoms. The fourth-order valence-electron chi connectivity index (χ4n) is 1.67. The molecule has 0 heterocycles. The lowest BCUT2D eigenvalue weighted by atomic mass is 10.1. The van der Waals surface area contributed by atoms with Crippen LogP contribution in [0.1, 0.15) is 25.5 Å². The highest BCUT2D eigenvalue weighted by Crippen LogP contribution is 2.28. The van der Waals surface area contributed by atoms with Crippen molar-refractivity contribution in [2.24, 2.45) is 0 Å². The molecule has 1 aromatic rings. The first-order chi connectivity index (χ1) is 9.76. The molecular weight excluding hydrogens is 322 g/mol. The zero-order valence-electron chi connectivity index (χ0n) is 11.7. The molecule has 0 aliphatic rings. The smallest absolute Gasteiger partial charge is 0.413 e. The number of amides is 2. The lowest BCUT2D eigenvalue weighted by Gasteiger charge is -2.20. The minimum Gasteiger partial charge on any atom is -0.453 e. The number of carbonyl (C=O) groups is 2. The van der Waals surface area contributed by atoms with Crippen LogP contribution >= 0.6 is 23.2 Å². The maximum Gasteiger partial charge on any atom is 0.413 e. The van der Waals surface area contributed by atoms with Crippen LogP contribution in [0.15, 0.2) is 12.1 Å². The molecule has 1 aromatic carbocycles. The van der Waals surface area contributed by atoms with Crippen LogP contribution in [0, 0.1) is 5.82 Å². The van der Waals surface area contributed by atoms with Crippen molar-refractivity contribution in [1.82, 2.24) is 10.6 Å². The van der Waals surface area contributed by atoms with E-state index in [4.69, 9.17) is 23.2 Å². The van der Waals surface area contributed by atoms with Crippen LogP contribution in [0.2, 0.25) is 10.0 Å². The van der Waals surface area contributed by atoms with Gasteiger partial charge in [-0.15, -0.1) is 0 Å². The summed E-state index contributed by atoms with van der Waals surface area (Å²) in [5.74, 6) is -1.17. The van der Waals surface area contributed by atoms with Crippen LogP contribution in [0.3, 0.4) is 0 Å². The molecule has 116 valence electrons. The molecule has 2 amide bonds. The summed E-state index contributed by atoms with van der Waals surface area (Å²) in [4.78, 5) is 22.6. The molecule has 2 atom stereocenters. The van der Waals surface area contributed by atoms with E-state index in [2.05, 4.69) is 10.1 Å². The van der Waals surface area contributed by atoms with E-state index >= 15 is 0 Å². The van der Waals surface area contributed by atoms with E-state index in [0.717, 1.165) is 7.11 Å². The summed E-state index contributed by atoms with van der Waals surface area (Å²) in [5, 5.41) is 5.13. The van der Waals surface area contributed by atoms with Crippen LogP contribution < -0.4 is 10.6 Å². The molecule has 0 aromatic heterocycles. The highest BCUT2D eigenvalue weighted by atomic mass is 35.5. The third-order valence-corrected chi connectivity index (χ3v) is 3.43. The molecule has 0 fully saturated rings. The molecule has 0 aliphatic heterocycles. The standard InChI is InChI=1S/C13H15Cl2FN2O3/c1-6(8-4-11(16)10(15)5-9(8)14)17-7(2)12(19)18-13(20)21-3/h4-7,17H,1-3H3,(H,18,19,20)/t6-,7+/m1/s1. The number of alkyl carbamates (subject to hydrolysis) is 1. The molecule has 21 heavy (non-hydrogen) atoms. The third kappa shape index (κ3) is 4.84. The third-order valence-electron chi connectivity index (χ3n) is 2.81. The van der Waals surface area contributed by atoms with Crippen molar-refractivity contribution in [3.05, 3.63) is 33.6 Å². The number of rotatable bonds is 4. The maximum absolute atomic E-state index is 13.5. The van der Waals surface area contributed by atoms with Crippen LogP contribution in [-0.4, -0.2) is 25.2 Å². The molecule has 0 saturated heterocycles. The van der Waals surface area contributed by atoms with E-state index in [1.165, 1.54) is 12.1 Å². The minimum absolute atomic E-state index is 0.0765. The molecule has 5 nitrogen and oxygen atoms in total. The largest absolute Gasteiger partial charge is 0.453 e. The Kier molecular flexibility index (Phi) is 6.39. The van der Waals surface area contributed by atoms with Gasteiger partial charge in [0.15, 0.2) is 0 Å². The van der Waals surface area contributed by atoms with Crippen molar-refractivity contribution in [2.75, 3.05) is 7.11 Å². The van der Waals surface area contributed by atoms with Gasteiger partial charge in [-0.25, -0.2) is 9.18 Å². The predicted octanol–water partition coefficient (Wildman–Crippen LogP) is 3.05. The van der Waals surface area contributed by atoms with Gasteiger partial charge in [0.25, 0.3) is 0 Å². The number of hydrogen-bond acceptors (Lipinski definition) is 4. The molecule has 0 spiro atoms. The summed E-state index contributed by atoms with van der Waals surface area (Å²) >= 11 is 11.6. The Balaban J connectivity index is 2.77. The number of imide groups is 1. The van der Waals surface area contributed by atoms with Gasteiger partial charge < -0.3 is 4.74 Å². The molecule has 1 rings (SSSR count). The van der Waals surface area contributed by atoms with Gasteiger partial charge in [-0.1, -0.05) is 23.2 Å². The summed E-state index contributed by atoms with van der Waals surface area (Å²) in [6.45, 7) is 3.26. The molecule has 0 aliphatic carbocycles. The zero-order valence-corrected chi connectivity index (χ0v) is 13.2. The molecule has 0 unspecified atom stereocenters. The van der Waals surface area contributed by atoms with Gasteiger partial charge in [0.2, 0.25) is 5.91 Å². The highest BCUT2D eigenvalue weighted by molar-refractivity contribution is 6.35. The van der Waals surface area contributed by atoms with Crippen molar-refractivity contribution < 1.29 is 18.7 Å². The lowest BCUT2D eigenvalue weighted by Crippen LogP contribution is -2.45. The van der Waals surface area contributed by atoms with Crippen molar-refractivity contribution in [2.45, 2.75) is 25.9 Å². The fourth-order valence-corrected chi connectivity index (χ4v) is 2.22. The minimum atomic E-state index is -0.850. The summed E-state index contributed by atoms with van der Waals surface area (Å²) in [5.41, 5.74) is 0.455. The van der Waals surface area contributed by atoms with Gasteiger partial charge in [-0.05, 0) is 31.5 Å². The molecule has 0 radical (unpaired) electrons. The molecular formula is C13H15Cl2FN2O3. The van der Waals surface area contributed by atoms with Crippen molar-refractivity contribution in [3.8, 4) is 0 Å². The Morgan fingerprint density at radius 2 is 1.86 bits per heavy atom. The SMILES string of the molecule is COC(=O)NC(=O)[C@H](C)N[C@H](C)c1cc(F)c(Cl)cc1Cl. The highest BCUT2D eigenvalue weighted by Gasteiger charge is 2.20. The van der Waals surface area contributed by atoms with Gasteiger partial charge in [-0.3, -0.25) is 15.4 Å². The van der Waals surface area contributed by atoms with Gasteiger partial charge in [0.1, 0.15) is 5.82 Å². The Morgan fingerprint density at radius 3 is 2.43 bits per heavy atom. The van der Waals surface area contributed by atoms with E-state index in [1.807, 2.05) is 5.32 Å². The van der Waals surface area contributed by atoms with Crippen molar-refractivity contribution in [3.63, 3.8) is 0 Å². The van der Waals surface area contributed by atoms with Gasteiger partial charge >= 0.3 is 6.09 Å². The molecule has 0 saturated carbocycles. The number of halogens is 3. The Hall–Kier alpha value is -1.37. The lowest BCUT2D eigenvalue weighted by molar-refractivity contribution is -0.122. The number of methoxy groups -OCH3 is 1. The summed E-state index contributed by atoms with van der Waals surface area (Å²) in [6.07, 6.45) is -0.850. The number of benzene rings is 1. The second kappa shape index (κ2) is 7.59. The second-order valence-corrected chi connectivity index (χ2v) is 5.19.